The van der Waals surface area contributed by atoms with Crippen LogP contribution in [0, 0.1) is 0 Å². The van der Waals surface area contributed by atoms with Gasteiger partial charge < -0.3 is 15.0 Å². The Hall–Kier alpha value is -1.95. The summed E-state index contributed by atoms with van der Waals surface area (Å²) in [4.78, 5) is 17.1. The summed E-state index contributed by atoms with van der Waals surface area (Å²) in [5.74, 6) is 0.0987. The Morgan fingerprint density at radius 2 is 2.32 bits per heavy atom. The van der Waals surface area contributed by atoms with Crippen molar-refractivity contribution >= 4 is 28.4 Å². The predicted octanol–water partition coefficient (Wildman–Crippen LogP) is 3.45. The van der Waals surface area contributed by atoms with Crippen molar-refractivity contribution < 1.29 is 9.90 Å². The molecule has 1 aromatic heterocycles. The molecule has 2 aliphatic rings. The van der Waals surface area contributed by atoms with Crippen LogP contribution in [0.3, 0.4) is 0 Å². The Morgan fingerprint density at radius 1 is 1.46 bits per heavy atom. The highest BCUT2D eigenvalue weighted by Crippen LogP contribution is 2.35. The van der Waals surface area contributed by atoms with Crippen LogP contribution in [-0.4, -0.2) is 39.1 Å². The normalized spacial score (nSPS) is 27.8. The minimum absolute atomic E-state index is 0.0987. The number of nitrogens with one attached hydrogen (secondary N) is 1. The summed E-state index contributed by atoms with van der Waals surface area (Å²) < 4.78 is 1.91. The van der Waals surface area contributed by atoms with E-state index in [9.17, 15) is 9.90 Å². The van der Waals surface area contributed by atoms with E-state index in [0.717, 1.165) is 41.9 Å². The molecule has 3 atom stereocenters. The highest BCUT2D eigenvalue weighted by Gasteiger charge is 2.27. The van der Waals surface area contributed by atoms with Crippen molar-refractivity contribution in [1.82, 2.24) is 14.9 Å². The number of Topliss-reactive ketones (excluding diaryl/α,β-unsaturated/α-hetero) is 1. The lowest BCUT2D eigenvalue weighted by Gasteiger charge is -2.28. The third-order valence-electron chi connectivity index (χ3n) is 5.95. The van der Waals surface area contributed by atoms with Gasteiger partial charge in [0.15, 0.2) is 5.78 Å². The number of imidazole rings is 1. The van der Waals surface area contributed by atoms with Gasteiger partial charge in [-0.1, -0.05) is 36.7 Å². The first-order chi connectivity index (χ1) is 13.4. The van der Waals surface area contributed by atoms with Crippen LogP contribution in [0.25, 0.3) is 11.0 Å². The fourth-order valence-corrected chi connectivity index (χ4v) is 4.25. The second-order valence-electron chi connectivity index (χ2n) is 8.13. The molecular formula is C22H26ClN3O2. The minimum Gasteiger partial charge on any atom is -0.391 e. The molecule has 0 bridgehead atoms. The van der Waals surface area contributed by atoms with Crippen LogP contribution in [0.1, 0.15) is 38.2 Å². The zero-order valence-electron chi connectivity index (χ0n) is 16.1. The molecule has 0 amide bonds. The number of nitrogens with zero attached hydrogens (tertiary/aromatic N) is 2. The van der Waals surface area contributed by atoms with Crippen molar-refractivity contribution in [2.24, 2.45) is 0 Å². The summed E-state index contributed by atoms with van der Waals surface area (Å²) in [6.07, 6.45) is 10.3. The average molecular weight is 400 g/mol. The number of rotatable bonds is 5. The number of fused-ring (bicyclic) bond motifs is 1. The molecule has 1 aliphatic heterocycles. The lowest BCUT2D eigenvalue weighted by atomic mass is 9.77. The van der Waals surface area contributed by atoms with E-state index < -0.39 is 6.10 Å². The molecule has 0 saturated carbocycles. The maximum atomic E-state index is 12.6. The van der Waals surface area contributed by atoms with Gasteiger partial charge in [0.2, 0.25) is 0 Å². The van der Waals surface area contributed by atoms with Crippen molar-refractivity contribution in [1.29, 1.82) is 0 Å². The monoisotopic (exact) mass is 399 g/mol. The fourth-order valence-electron chi connectivity index (χ4n) is 4.11. The van der Waals surface area contributed by atoms with Gasteiger partial charge in [-0.05, 0) is 49.6 Å². The number of hydrogen-bond donors (Lipinski definition) is 2. The Bertz CT molecular complexity index is 948. The number of benzene rings is 1. The van der Waals surface area contributed by atoms with Crippen LogP contribution in [0.2, 0.25) is 0 Å². The molecule has 1 saturated heterocycles. The van der Waals surface area contributed by atoms with Crippen molar-refractivity contribution in [3.05, 3.63) is 53.4 Å². The SMILES string of the molecule is CC1(c2ccc3ncn(CC(=O)C[C@H]4NCCC[C@@H]4O)c3c2)C=CC(Cl)=CC1. The Morgan fingerprint density at radius 3 is 3.07 bits per heavy atom. The quantitative estimate of drug-likeness (QED) is 0.808. The molecular weight excluding hydrogens is 374 g/mol. The van der Waals surface area contributed by atoms with Gasteiger partial charge in [0.05, 0.1) is 30.0 Å². The number of aromatic nitrogens is 2. The van der Waals surface area contributed by atoms with Gasteiger partial charge in [0.25, 0.3) is 0 Å². The van der Waals surface area contributed by atoms with Crippen molar-refractivity contribution in [2.75, 3.05) is 6.54 Å². The first-order valence-electron chi connectivity index (χ1n) is 9.88. The molecule has 1 unspecified atom stereocenters. The highest BCUT2D eigenvalue weighted by atomic mass is 35.5. The van der Waals surface area contributed by atoms with E-state index in [1.54, 1.807) is 6.33 Å². The number of aliphatic hydroxyl groups is 1. The third-order valence-corrected chi connectivity index (χ3v) is 6.23. The molecule has 2 heterocycles. The second kappa shape index (κ2) is 7.82. The van der Waals surface area contributed by atoms with Gasteiger partial charge in [-0.2, -0.15) is 0 Å². The van der Waals surface area contributed by atoms with Crippen LogP contribution in [0.5, 0.6) is 0 Å². The van der Waals surface area contributed by atoms with E-state index >= 15 is 0 Å². The van der Waals surface area contributed by atoms with Crippen LogP contribution >= 0.6 is 11.6 Å². The Kier molecular flexibility index (Phi) is 5.41. The van der Waals surface area contributed by atoms with Gasteiger partial charge >= 0.3 is 0 Å². The van der Waals surface area contributed by atoms with Crippen LogP contribution < -0.4 is 5.32 Å². The van der Waals surface area contributed by atoms with Gasteiger partial charge in [-0.3, -0.25) is 4.79 Å². The van der Waals surface area contributed by atoms with E-state index in [1.165, 1.54) is 5.56 Å². The number of allylic oxidation sites excluding steroid dienone is 4. The molecule has 1 fully saturated rings. The number of aliphatic hydroxyl groups excluding tert-OH is 1. The predicted molar refractivity (Wildman–Crippen MR) is 111 cm³/mol. The number of ketones is 1. The molecule has 1 aliphatic carbocycles. The first-order valence-corrected chi connectivity index (χ1v) is 10.3. The third kappa shape index (κ3) is 3.93. The zero-order chi connectivity index (χ0) is 19.7. The Labute approximate surface area is 170 Å². The van der Waals surface area contributed by atoms with Crippen molar-refractivity contribution in [2.45, 2.75) is 56.7 Å². The molecule has 28 heavy (non-hydrogen) atoms. The maximum Gasteiger partial charge on any atom is 0.154 e. The van der Waals surface area contributed by atoms with Gasteiger partial charge in [-0.25, -0.2) is 4.98 Å². The molecule has 5 nitrogen and oxygen atoms in total. The Balaban J connectivity index is 1.53. The first kappa shape index (κ1) is 19.4. The molecule has 4 rings (SSSR count). The molecule has 2 aromatic rings. The summed E-state index contributed by atoms with van der Waals surface area (Å²) in [5.41, 5.74) is 2.89. The number of carbonyl (C=O) groups excluding carboxylic acids is 1. The van der Waals surface area contributed by atoms with Crippen LogP contribution in [0.15, 0.2) is 47.8 Å². The minimum atomic E-state index is -0.443. The molecule has 148 valence electrons. The standard InChI is InChI=1S/C22H26ClN3O2/c1-22(8-6-16(23)7-9-22)15-4-5-18-20(11-15)26(14-25-18)13-17(27)12-19-21(28)3-2-10-24-19/h4-8,11,14,19,21,24,28H,2-3,9-10,12-13H2,1H3/t19-,21+,22?/m1/s1. The van der Waals surface area contributed by atoms with Gasteiger partial charge in [0, 0.05) is 22.9 Å². The second-order valence-corrected chi connectivity index (χ2v) is 8.57. The van der Waals surface area contributed by atoms with Crippen LogP contribution in [0.4, 0.5) is 0 Å². The fraction of sp³-hybridized carbons (Fsp3) is 0.455. The van der Waals surface area contributed by atoms with E-state index in [1.807, 2.05) is 22.8 Å². The molecule has 0 spiro atoms. The van der Waals surface area contributed by atoms with Crippen molar-refractivity contribution in [3.8, 4) is 0 Å². The smallest absolute Gasteiger partial charge is 0.154 e. The topological polar surface area (TPSA) is 67.2 Å². The van der Waals surface area contributed by atoms with E-state index in [-0.39, 0.29) is 23.8 Å². The molecule has 1 aromatic carbocycles. The molecule has 6 heteroatoms. The highest BCUT2D eigenvalue weighted by molar-refractivity contribution is 6.31. The maximum absolute atomic E-state index is 12.6. The summed E-state index contributed by atoms with van der Waals surface area (Å²) in [6, 6.07) is 6.09. The number of carbonyl (C=O) groups is 1. The average Bonchev–Trinajstić information content (AvgIpc) is 3.08. The summed E-state index contributed by atoms with van der Waals surface area (Å²) >= 11 is 6.08. The van der Waals surface area contributed by atoms with Crippen molar-refractivity contribution in [3.63, 3.8) is 0 Å². The van der Waals surface area contributed by atoms with Gasteiger partial charge in [0.1, 0.15) is 0 Å². The zero-order valence-corrected chi connectivity index (χ0v) is 16.8. The molecule has 2 N–H and O–H groups in total. The lowest BCUT2D eigenvalue weighted by Crippen LogP contribution is -2.46. The molecule has 0 radical (unpaired) electrons. The van der Waals surface area contributed by atoms with Gasteiger partial charge in [-0.15, -0.1) is 0 Å². The number of piperidine rings is 1. The van der Waals surface area contributed by atoms with E-state index in [2.05, 4.69) is 35.4 Å². The van der Waals surface area contributed by atoms with E-state index in [4.69, 9.17) is 11.6 Å². The van der Waals surface area contributed by atoms with E-state index in [0.29, 0.717) is 6.42 Å². The summed E-state index contributed by atoms with van der Waals surface area (Å²) in [5, 5.41) is 14.1. The lowest BCUT2D eigenvalue weighted by molar-refractivity contribution is -0.121. The largest absolute Gasteiger partial charge is 0.391 e. The number of hydrogen-bond acceptors (Lipinski definition) is 4. The van der Waals surface area contributed by atoms with Crippen LogP contribution in [-0.2, 0) is 16.8 Å². The summed E-state index contributed by atoms with van der Waals surface area (Å²) in [6.45, 7) is 3.31. The summed E-state index contributed by atoms with van der Waals surface area (Å²) in [7, 11) is 0. The number of halogens is 1.